The van der Waals surface area contributed by atoms with E-state index in [1.165, 1.54) is 0 Å². The molecule has 2 heterocycles. The Morgan fingerprint density at radius 1 is 1.40 bits per heavy atom. The molecule has 0 amide bonds. The molecule has 0 atom stereocenters. The van der Waals surface area contributed by atoms with Crippen molar-refractivity contribution >= 4 is 38.3 Å². The number of nitrogens with one attached hydrogen (secondary N) is 1. The monoisotopic (exact) mass is 263 g/mol. The molecule has 3 N–H and O–H groups in total. The topological polar surface area (TPSA) is 50.9 Å². The lowest BCUT2D eigenvalue weighted by molar-refractivity contribution is 1.11. The molecule has 0 saturated carbocycles. The molecule has 76 valence electrons. The molecule has 0 spiro atoms. The van der Waals surface area contributed by atoms with Crippen molar-refractivity contribution in [1.82, 2.24) is 4.98 Å². The van der Waals surface area contributed by atoms with E-state index in [1.807, 2.05) is 18.2 Å². The quantitative estimate of drug-likeness (QED) is 0.768. The maximum Gasteiger partial charge on any atom is 0.132 e. The maximum absolute atomic E-state index is 6.14. The van der Waals surface area contributed by atoms with Gasteiger partial charge in [0.1, 0.15) is 5.82 Å². The number of anilines is 2. The van der Waals surface area contributed by atoms with Crippen LogP contribution in [0.3, 0.4) is 0 Å². The van der Waals surface area contributed by atoms with Gasteiger partial charge in [0, 0.05) is 27.7 Å². The Morgan fingerprint density at radius 3 is 3.13 bits per heavy atom. The number of aromatic nitrogens is 1. The van der Waals surface area contributed by atoms with Gasteiger partial charge in [0.05, 0.1) is 5.52 Å². The van der Waals surface area contributed by atoms with Gasteiger partial charge >= 0.3 is 0 Å². The van der Waals surface area contributed by atoms with Crippen LogP contribution in [0.4, 0.5) is 11.5 Å². The Kier molecular flexibility index (Phi) is 1.85. The maximum atomic E-state index is 6.14. The van der Waals surface area contributed by atoms with Crippen molar-refractivity contribution in [2.24, 2.45) is 0 Å². The van der Waals surface area contributed by atoms with E-state index in [9.17, 15) is 0 Å². The first-order valence-corrected chi connectivity index (χ1v) is 5.66. The number of fused-ring (bicyclic) bond motifs is 2. The van der Waals surface area contributed by atoms with Crippen molar-refractivity contribution in [3.8, 4) is 0 Å². The lowest BCUT2D eigenvalue weighted by Gasteiger charge is -2.07. The second-order valence-corrected chi connectivity index (χ2v) is 4.61. The number of rotatable bonds is 0. The molecule has 15 heavy (non-hydrogen) atoms. The minimum Gasteiger partial charge on any atom is -0.398 e. The number of hydrogen-bond donors (Lipinski definition) is 2. The first-order chi connectivity index (χ1) is 7.25. The van der Waals surface area contributed by atoms with Gasteiger partial charge in [0.25, 0.3) is 0 Å². The van der Waals surface area contributed by atoms with Gasteiger partial charge in [-0.1, -0.05) is 15.9 Å². The number of nitrogens with zero attached hydrogens (tertiary/aromatic N) is 1. The summed E-state index contributed by atoms with van der Waals surface area (Å²) in [6, 6.07) is 5.99. The van der Waals surface area contributed by atoms with Gasteiger partial charge in [-0.15, -0.1) is 0 Å². The Morgan fingerprint density at radius 2 is 2.27 bits per heavy atom. The molecule has 2 aromatic rings. The van der Waals surface area contributed by atoms with Gasteiger partial charge in [0.15, 0.2) is 0 Å². The molecular formula is C11H10BrN3. The summed E-state index contributed by atoms with van der Waals surface area (Å²) < 4.78 is 1.04. The zero-order valence-corrected chi connectivity index (χ0v) is 9.63. The van der Waals surface area contributed by atoms with Crippen molar-refractivity contribution in [3.05, 3.63) is 28.2 Å². The van der Waals surface area contributed by atoms with Gasteiger partial charge in [-0.25, -0.2) is 4.98 Å². The average molecular weight is 264 g/mol. The molecule has 4 heteroatoms. The molecule has 0 radical (unpaired) electrons. The van der Waals surface area contributed by atoms with Crippen molar-refractivity contribution in [2.45, 2.75) is 6.42 Å². The highest BCUT2D eigenvalue weighted by Gasteiger charge is 2.17. The summed E-state index contributed by atoms with van der Waals surface area (Å²) in [6.45, 7) is 0.935. The summed E-state index contributed by atoms with van der Waals surface area (Å²) in [5.41, 5.74) is 9.10. The Labute approximate surface area is 95.8 Å². The average Bonchev–Trinajstić information content (AvgIpc) is 2.68. The van der Waals surface area contributed by atoms with Crippen molar-refractivity contribution in [2.75, 3.05) is 17.6 Å². The minimum absolute atomic E-state index is 0.862. The summed E-state index contributed by atoms with van der Waals surface area (Å²) in [5.74, 6) is 0.947. The normalized spacial score (nSPS) is 13.9. The highest BCUT2D eigenvalue weighted by Crippen LogP contribution is 2.33. The van der Waals surface area contributed by atoms with Crippen LogP contribution in [-0.4, -0.2) is 11.5 Å². The van der Waals surface area contributed by atoms with E-state index < -0.39 is 0 Å². The smallest absolute Gasteiger partial charge is 0.132 e. The number of nitrogen functional groups attached to an aromatic ring is 1. The van der Waals surface area contributed by atoms with Crippen LogP contribution in [0.5, 0.6) is 0 Å². The molecule has 0 unspecified atom stereocenters. The number of benzene rings is 1. The van der Waals surface area contributed by atoms with Gasteiger partial charge in [0.2, 0.25) is 0 Å². The molecule has 0 aliphatic carbocycles. The second-order valence-electron chi connectivity index (χ2n) is 3.69. The molecule has 0 saturated heterocycles. The number of pyridine rings is 1. The van der Waals surface area contributed by atoms with E-state index in [2.05, 4.69) is 26.2 Å². The third-order valence-electron chi connectivity index (χ3n) is 2.76. The van der Waals surface area contributed by atoms with Crippen LogP contribution in [0.25, 0.3) is 10.9 Å². The van der Waals surface area contributed by atoms with E-state index >= 15 is 0 Å². The molecule has 0 bridgehead atoms. The summed E-state index contributed by atoms with van der Waals surface area (Å²) in [7, 11) is 0. The summed E-state index contributed by atoms with van der Waals surface area (Å²) in [4.78, 5) is 4.55. The molecule has 3 nitrogen and oxygen atoms in total. The Hall–Kier alpha value is -1.29. The largest absolute Gasteiger partial charge is 0.398 e. The number of nitrogens with two attached hydrogens (primary N) is 1. The van der Waals surface area contributed by atoms with Gasteiger partial charge in [-0.2, -0.15) is 0 Å². The SMILES string of the molecule is Nc1c2c(nc3ccc(Br)cc13)NCC2. The fourth-order valence-electron chi connectivity index (χ4n) is 2.00. The second kappa shape index (κ2) is 3.10. The van der Waals surface area contributed by atoms with Crippen LogP contribution < -0.4 is 11.1 Å². The van der Waals surface area contributed by atoms with E-state index in [1.54, 1.807) is 0 Å². The fourth-order valence-corrected chi connectivity index (χ4v) is 2.37. The molecule has 1 aliphatic heterocycles. The fraction of sp³-hybridized carbons (Fsp3) is 0.182. The Bertz CT molecular complexity index is 551. The molecule has 1 aliphatic rings. The van der Waals surface area contributed by atoms with Crippen LogP contribution >= 0.6 is 15.9 Å². The van der Waals surface area contributed by atoms with E-state index in [-0.39, 0.29) is 0 Å². The summed E-state index contributed by atoms with van der Waals surface area (Å²) in [6.07, 6.45) is 0.969. The summed E-state index contributed by atoms with van der Waals surface area (Å²) >= 11 is 3.45. The minimum atomic E-state index is 0.862. The Balaban J connectivity index is 2.41. The lowest BCUT2D eigenvalue weighted by Crippen LogP contribution is -1.96. The lowest BCUT2D eigenvalue weighted by atomic mass is 10.1. The third kappa shape index (κ3) is 1.28. The predicted molar refractivity (Wildman–Crippen MR) is 66.0 cm³/mol. The summed E-state index contributed by atoms with van der Waals surface area (Å²) in [5, 5.41) is 4.28. The first kappa shape index (κ1) is 8.97. The third-order valence-corrected chi connectivity index (χ3v) is 3.25. The van der Waals surface area contributed by atoms with Crippen LogP contribution in [0.1, 0.15) is 5.56 Å². The van der Waals surface area contributed by atoms with Crippen molar-refractivity contribution in [1.29, 1.82) is 0 Å². The van der Waals surface area contributed by atoms with E-state index in [0.717, 1.165) is 45.4 Å². The van der Waals surface area contributed by atoms with Gasteiger partial charge in [-0.05, 0) is 24.6 Å². The number of halogens is 1. The van der Waals surface area contributed by atoms with E-state index in [4.69, 9.17) is 5.73 Å². The predicted octanol–water partition coefficient (Wildman–Crippen LogP) is 2.55. The first-order valence-electron chi connectivity index (χ1n) is 4.87. The zero-order chi connectivity index (χ0) is 10.4. The van der Waals surface area contributed by atoms with Gasteiger partial charge < -0.3 is 11.1 Å². The van der Waals surface area contributed by atoms with Crippen LogP contribution in [-0.2, 0) is 6.42 Å². The van der Waals surface area contributed by atoms with E-state index in [0.29, 0.717) is 0 Å². The molecule has 3 rings (SSSR count). The van der Waals surface area contributed by atoms with Crippen LogP contribution in [0.15, 0.2) is 22.7 Å². The molecular weight excluding hydrogens is 254 g/mol. The van der Waals surface area contributed by atoms with Crippen molar-refractivity contribution < 1.29 is 0 Å². The van der Waals surface area contributed by atoms with Crippen LogP contribution in [0, 0.1) is 0 Å². The van der Waals surface area contributed by atoms with Crippen LogP contribution in [0.2, 0.25) is 0 Å². The van der Waals surface area contributed by atoms with Gasteiger partial charge in [-0.3, -0.25) is 0 Å². The standard InChI is InChI=1S/C11H10BrN3/c12-6-1-2-9-8(5-6)10(13)7-3-4-14-11(7)15-9/h1-2,5H,3-4H2,(H3,13,14,15). The highest BCUT2D eigenvalue weighted by atomic mass is 79.9. The number of hydrogen-bond acceptors (Lipinski definition) is 3. The molecule has 0 fully saturated rings. The zero-order valence-electron chi connectivity index (χ0n) is 8.05. The molecule has 1 aromatic carbocycles. The molecule has 1 aromatic heterocycles. The van der Waals surface area contributed by atoms with Crippen molar-refractivity contribution in [3.63, 3.8) is 0 Å². The highest BCUT2D eigenvalue weighted by molar-refractivity contribution is 9.10.